The maximum absolute atomic E-state index is 13.5. The highest BCUT2D eigenvalue weighted by Gasteiger charge is 2.22. The van der Waals surface area contributed by atoms with Crippen molar-refractivity contribution in [2.24, 2.45) is 16.5 Å². The largest absolute Gasteiger partial charge is 0.506 e. The van der Waals surface area contributed by atoms with Gasteiger partial charge in [-0.3, -0.25) is 33.9 Å². The van der Waals surface area contributed by atoms with E-state index in [0.29, 0.717) is 62.9 Å². The number of anilines is 1. The van der Waals surface area contributed by atoms with Gasteiger partial charge in [-0.2, -0.15) is 15.2 Å². The average molecular weight is 740 g/mol. The number of carbonyl (C=O) groups excluding carboxylic acids is 4. The Morgan fingerprint density at radius 1 is 0.868 bits per heavy atom. The van der Waals surface area contributed by atoms with Crippen LogP contribution in [0.5, 0.6) is 11.5 Å². The number of nitrogens with zero attached hydrogens (tertiary/aromatic N) is 8. The molecule has 0 saturated heterocycles. The van der Waals surface area contributed by atoms with Crippen LogP contribution in [-0.4, -0.2) is 69.5 Å². The zero-order valence-corrected chi connectivity index (χ0v) is 30.4. The summed E-state index contributed by atoms with van der Waals surface area (Å²) < 4.78 is 12.6. The molecule has 274 valence electrons. The Kier molecular flexibility index (Phi) is 9.97. The molecule has 18 heteroatoms. The van der Waals surface area contributed by atoms with Crippen LogP contribution in [0.4, 0.5) is 5.95 Å². The van der Waals surface area contributed by atoms with E-state index in [0.717, 1.165) is 11.3 Å². The first-order valence-corrected chi connectivity index (χ1v) is 17.3. The summed E-state index contributed by atoms with van der Waals surface area (Å²) in [6.07, 6.45) is 3.58. The van der Waals surface area contributed by atoms with Crippen LogP contribution in [-0.2, 0) is 26.2 Å². The maximum atomic E-state index is 13.5. The number of fused-ring (bicyclic) bond motifs is 2. The smallest absolute Gasteiger partial charge is 0.297 e. The van der Waals surface area contributed by atoms with Gasteiger partial charge in [0.05, 0.1) is 28.7 Å². The molecule has 0 atom stereocenters. The minimum absolute atomic E-state index is 0.101. The zero-order valence-electron chi connectivity index (χ0n) is 29.6. The van der Waals surface area contributed by atoms with Crippen molar-refractivity contribution in [1.29, 1.82) is 0 Å². The van der Waals surface area contributed by atoms with Crippen molar-refractivity contribution in [3.63, 3.8) is 0 Å². The number of aryl methyl sites for hydroxylation is 4. The van der Waals surface area contributed by atoms with Crippen LogP contribution in [0, 0.1) is 13.8 Å². The van der Waals surface area contributed by atoms with Crippen molar-refractivity contribution in [2.45, 2.75) is 53.9 Å². The lowest BCUT2D eigenvalue weighted by atomic mass is 10.1. The Morgan fingerprint density at radius 2 is 1.47 bits per heavy atom. The molecule has 0 radical (unpaired) electrons. The molecule has 0 aliphatic rings. The number of thiazole rings is 1. The Bertz CT molecular complexity index is 2550. The summed E-state index contributed by atoms with van der Waals surface area (Å²) in [7, 11) is 1.45. The normalized spacial score (nSPS) is 12.0. The van der Waals surface area contributed by atoms with Crippen LogP contribution >= 0.6 is 11.3 Å². The molecule has 6 N–H and O–H groups in total. The SMILES string of the molecule is CCn1nc(C)cc1C(=O)/N=c1\sc2cc(C(N)=O)cc(O)c2n1C/C=C/Cn1c(NC(=O)c2cc(C)nn2CC)nc2cc(C(N)=O)cc(OC)c21. The van der Waals surface area contributed by atoms with Gasteiger partial charge in [-0.1, -0.05) is 23.5 Å². The van der Waals surface area contributed by atoms with Gasteiger partial charge in [-0.05, 0) is 64.1 Å². The number of phenolic OH excluding ortho intramolecular Hbond substituents is 1. The summed E-state index contributed by atoms with van der Waals surface area (Å²) in [6.45, 7) is 8.54. The standard InChI is InChI=1S/C35H37N11O6S/c1-6-45-23(12-18(3)41-45)32(50)39-34-38-22-14-20(30(36)48)16-26(52-5)28(22)43(34)10-8-9-11-44-29-25(47)15-21(31(37)49)17-27(29)53-35(44)40-33(51)24-13-19(4)42-46(24)7-2/h8-9,12-17,47H,6-7,10-11H2,1-5H3,(H2,36,48)(H2,37,49)(H,38,39,50)/b9-8+,40-35-. The minimum Gasteiger partial charge on any atom is -0.506 e. The number of carbonyl (C=O) groups is 4. The number of primary amides is 2. The fourth-order valence-corrected chi connectivity index (χ4v) is 7.08. The van der Waals surface area contributed by atoms with Crippen molar-refractivity contribution >= 4 is 62.2 Å². The summed E-state index contributed by atoms with van der Waals surface area (Å²) >= 11 is 1.11. The number of allylic oxidation sites excluding steroid dienone is 2. The molecule has 0 bridgehead atoms. The van der Waals surface area contributed by atoms with Crippen LogP contribution in [0.1, 0.15) is 66.9 Å². The number of aromatic nitrogens is 7. The first-order valence-electron chi connectivity index (χ1n) is 16.5. The van der Waals surface area contributed by atoms with Crippen LogP contribution in [0.3, 0.4) is 0 Å². The predicted octanol–water partition coefficient (Wildman–Crippen LogP) is 3.26. The Balaban J connectivity index is 1.41. The van der Waals surface area contributed by atoms with Crippen LogP contribution in [0.25, 0.3) is 21.3 Å². The molecule has 0 aliphatic carbocycles. The second-order valence-electron chi connectivity index (χ2n) is 12.0. The molecule has 0 aliphatic heterocycles. The van der Waals surface area contributed by atoms with E-state index >= 15 is 0 Å². The monoisotopic (exact) mass is 739 g/mol. The second kappa shape index (κ2) is 14.6. The highest BCUT2D eigenvalue weighted by Crippen LogP contribution is 2.32. The van der Waals surface area contributed by atoms with E-state index in [1.807, 2.05) is 13.8 Å². The zero-order chi connectivity index (χ0) is 38.1. The van der Waals surface area contributed by atoms with E-state index in [9.17, 15) is 24.3 Å². The number of methoxy groups -OCH3 is 1. The summed E-state index contributed by atoms with van der Waals surface area (Å²) in [5, 5.41) is 22.6. The van der Waals surface area contributed by atoms with Crippen LogP contribution in [0.2, 0.25) is 0 Å². The van der Waals surface area contributed by atoms with Gasteiger partial charge >= 0.3 is 0 Å². The van der Waals surface area contributed by atoms with Gasteiger partial charge < -0.3 is 30.4 Å². The number of nitrogens with two attached hydrogens (primary N) is 2. The lowest BCUT2D eigenvalue weighted by Gasteiger charge is -2.11. The number of imidazole rings is 1. The molecule has 0 saturated carbocycles. The number of benzene rings is 2. The number of ether oxygens (including phenoxy) is 1. The fraction of sp³-hybridized carbons (Fsp3) is 0.257. The van der Waals surface area contributed by atoms with Gasteiger partial charge in [-0.15, -0.1) is 0 Å². The Labute approximate surface area is 305 Å². The van der Waals surface area contributed by atoms with Crippen LogP contribution in [0.15, 0.2) is 53.5 Å². The Hall–Kier alpha value is -6.56. The third-order valence-corrected chi connectivity index (χ3v) is 9.40. The molecule has 4 aromatic heterocycles. The van der Waals surface area contributed by atoms with Crippen molar-refractivity contribution in [3.8, 4) is 11.5 Å². The van der Waals surface area contributed by atoms with Crippen molar-refractivity contribution < 1.29 is 29.0 Å². The number of phenols is 1. The molecule has 0 fully saturated rings. The van der Waals surface area contributed by atoms with Crippen LogP contribution < -0.4 is 26.3 Å². The molecule has 6 rings (SSSR count). The molecule has 4 heterocycles. The number of hydrogen-bond donors (Lipinski definition) is 4. The predicted molar refractivity (Wildman–Crippen MR) is 197 cm³/mol. The summed E-state index contributed by atoms with van der Waals surface area (Å²) in [5.74, 6) is -2.10. The number of rotatable bonds is 12. The van der Waals surface area contributed by atoms with E-state index in [1.54, 1.807) is 56.6 Å². The van der Waals surface area contributed by atoms with Crippen molar-refractivity contribution in [1.82, 2.24) is 33.7 Å². The number of hydrogen-bond acceptors (Lipinski definition) is 10. The van der Waals surface area contributed by atoms with Crippen molar-refractivity contribution in [2.75, 3.05) is 12.4 Å². The van der Waals surface area contributed by atoms with E-state index in [2.05, 4.69) is 25.5 Å². The number of nitrogens with one attached hydrogen (secondary N) is 1. The fourth-order valence-electron chi connectivity index (χ4n) is 5.98. The molecule has 4 amide bonds. The van der Waals surface area contributed by atoms with E-state index in [1.165, 1.54) is 31.4 Å². The lowest BCUT2D eigenvalue weighted by Crippen LogP contribution is -2.20. The summed E-state index contributed by atoms with van der Waals surface area (Å²) in [5.41, 5.74) is 14.5. The van der Waals surface area contributed by atoms with Gasteiger partial charge in [0.2, 0.25) is 17.8 Å². The molecule has 17 nitrogen and oxygen atoms in total. The molecule has 2 aromatic carbocycles. The summed E-state index contributed by atoms with van der Waals surface area (Å²) in [6, 6.07) is 9.15. The molecule has 0 spiro atoms. The third kappa shape index (κ3) is 7.03. The Morgan fingerprint density at radius 3 is 2.09 bits per heavy atom. The molecule has 6 aromatic rings. The average Bonchev–Trinajstić information content (AvgIpc) is 3.88. The van der Waals surface area contributed by atoms with E-state index in [4.69, 9.17) is 16.2 Å². The number of aromatic hydroxyl groups is 1. The number of amides is 4. The van der Waals surface area contributed by atoms with E-state index < -0.39 is 23.6 Å². The summed E-state index contributed by atoms with van der Waals surface area (Å²) in [4.78, 5) is 60.3. The molecular weight excluding hydrogens is 703 g/mol. The lowest BCUT2D eigenvalue weighted by molar-refractivity contribution is 0.0982. The van der Waals surface area contributed by atoms with E-state index in [-0.39, 0.29) is 40.7 Å². The highest BCUT2D eigenvalue weighted by atomic mass is 32.1. The van der Waals surface area contributed by atoms with Gasteiger partial charge in [0.1, 0.15) is 33.9 Å². The third-order valence-electron chi connectivity index (χ3n) is 8.37. The van der Waals surface area contributed by atoms with Crippen molar-refractivity contribution in [3.05, 3.63) is 87.3 Å². The first-order chi connectivity index (χ1) is 25.3. The van der Waals surface area contributed by atoms with Gasteiger partial charge in [-0.25, -0.2) is 4.98 Å². The van der Waals surface area contributed by atoms with Gasteiger partial charge in [0.15, 0.2) is 4.80 Å². The minimum atomic E-state index is -0.720. The second-order valence-corrected chi connectivity index (χ2v) is 13.0. The quantitative estimate of drug-likeness (QED) is 0.135. The van der Waals surface area contributed by atoms with Gasteiger partial charge in [0, 0.05) is 37.3 Å². The van der Waals surface area contributed by atoms with Gasteiger partial charge in [0.25, 0.3) is 11.8 Å². The topological polar surface area (TPSA) is 233 Å². The molecular formula is C35H37N11O6S. The molecule has 53 heavy (non-hydrogen) atoms. The molecule has 0 unspecified atom stereocenters. The first kappa shape index (κ1) is 36.2. The maximum Gasteiger partial charge on any atom is 0.297 e. The highest BCUT2D eigenvalue weighted by molar-refractivity contribution is 7.16.